The van der Waals surface area contributed by atoms with Gasteiger partial charge in [-0.05, 0) is 35.2 Å². The second kappa shape index (κ2) is 6.74. The Kier molecular flexibility index (Phi) is 4.53. The van der Waals surface area contributed by atoms with Gasteiger partial charge in [-0.25, -0.2) is 0 Å². The molecule has 0 amide bonds. The van der Waals surface area contributed by atoms with E-state index in [1.165, 1.54) is 4.90 Å². The summed E-state index contributed by atoms with van der Waals surface area (Å²) in [7, 11) is 0. The number of benzene rings is 2. The number of rotatable bonds is 5. The van der Waals surface area contributed by atoms with Crippen LogP contribution in [0.15, 0.2) is 81.2 Å². The number of Topliss-reactive ketones (excluding diaryl/α,β-unsaturated/α-hetero) is 1. The van der Waals surface area contributed by atoms with Gasteiger partial charge in [0.2, 0.25) is 0 Å². The predicted molar refractivity (Wildman–Crippen MR) is 89.4 cm³/mol. The highest BCUT2D eigenvalue weighted by Crippen LogP contribution is 2.30. The number of carbonyl (C=O) groups is 1. The van der Waals surface area contributed by atoms with Crippen LogP contribution in [0.5, 0.6) is 0 Å². The fourth-order valence-electron chi connectivity index (χ4n) is 2.06. The molecular formula is C18H14OS2. The van der Waals surface area contributed by atoms with Crippen LogP contribution in [0.25, 0.3) is 0 Å². The van der Waals surface area contributed by atoms with E-state index in [9.17, 15) is 4.79 Å². The first-order chi connectivity index (χ1) is 10.3. The first kappa shape index (κ1) is 14.1. The molecule has 2 aromatic carbocycles. The summed E-state index contributed by atoms with van der Waals surface area (Å²) in [5.41, 5.74) is 1.89. The minimum Gasteiger partial charge on any atom is -0.294 e. The maximum absolute atomic E-state index is 12.3. The Morgan fingerprint density at radius 2 is 1.71 bits per heavy atom. The van der Waals surface area contributed by atoms with Crippen LogP contribution < -0.4 is 0 Å². The Labute approximate surface area is 132 Å². The third-order valence-electron chi connectivity index (χ3n) is 3.14. The van der Waals surface area contributed by atoms with Gasteiger partial charge in [0.25, 0.3) is 0 Å². The molecule has 1 aromatic heterocycles. The molecule has 0 radical (unpaired) electrons. The van der Waals surface area contributed by atoms with Crippen molar-refractivity contribution < 1.29 is 4.79 Å². The van der Waals surface area contributed by atoms with Gasteiger partial charge in [0, 0.05) is 27.2 Å². The predicted octanol–water partition coefficient (Wildman–Crippen LogP) is 5.32. The van der Waals surface area contributed by atoms with Crippen LogP contribution in [0.4, 0.5) is 0 Å². The van der Waals surface area contributed by atoms with Gasteiger partial charge in [0.05, 0.1) is 0 Å². The molecular weight excluding hydrogens is 296 g/mol. The number of hydrogen-bond acceptors (Lipinski definition) is 3. The molecule has 3 heteroatoms. The van der Waals surface area contributed by atoms with Crippen LogP contribution in [0.2, 0.25) is 0 Å². The molecule has 0 unspecified atom stereocenters. The van der Waals surface area contributed by atoms with Gasteiger partial charge in [0.15, 0.2) is 5.78 Å². The maximum atomic E-state index is 12.3. The van der Waals surface area contributed by atoms with Crippen molar-refractivity contribution in [2.45, 2.75) is 16.2 Å². The van der Waals surface area contributed by atoms with Crippen LogP contribution >= 0.6 is 23.1 Å². The molecule has 0 spiro atoms. The van der Waals surface area contributed by atoms with E-state index in [1.54, 1.807) is 23.1 Å². The van der Waals surface area contributed by atoms with E-state index >= 15 is 0 Å². The van der Waals surface area contributed by atoms with Crippen molar-refractivity contribution in [3.05, 3.63) is 82.6 Å². The summed E-state index contributed by atoms with van der Waals surface area (Å²) in [6.07, 6.45) is 0.451. The molecule has 0 bridgehead atoms. The zero-order chi connectivity index (χ0) is 14.5. The van der Waals surface area contributed by atoms with Crippen molar-refractivity contribution in [3.8, 4) is 0 Å². The standard InChI is InChI=1S/C18H14OS2/c19-17(15-10-11-20-13-15)12-14-6-4-5-9-18(14)21-16-7-2-1-3-8-16/h1-11,13H,12H2. The van der Waals surface area contributed by atoms with E-state index in [-0.39, 0.29) is 5.78 Å². The summed E-state index contributed by atoms with van der Waals surface area (Å²) in [6.45, 7) is 0. The topological polar surface area (TPSA) is 17.1 Å². The normalized spacial score (nSPS) is 10.5. The number of ketones is 1. The lowest BCUT2D eigenvalue weighted by Crippen LogP contribution is -2.03. The second-order valence-electron chi connectivity index (χ2n) is 4.63. The van der Waals surface area contributed by atoms with Gasteiger partial charge >= 0.3 is 0 Å². The molecule has 0 saturated carbocycles. The molecule has 3 aromatic rings. The van der Waals surface area contributed by atoms with E-state index in [0.717, 1.165) is 16.0 Å². The molecule has 21 heavy (non-hydrogen) atoms. The van der Waals surface area contributed by atoms with E-state index in [2.05, 4.69) is 18.2 Å². The lowest BCUT2D eigenvalue weighted by molar-refractivity contribution is 0.0993. The summed E-state index contributed by atoms with van der Waals surface area (Å²) in [5.74, 6) is 0.178. The van der Waals surface area contributed by atoms with Gasteiger partial charge in [0.1, 0.15) is 0 Å². The van der Waals surface area contributed by atoms with Crippen LogP contribution in [-0.2, 0) is 6.42 Å². The third kappa shape index (κ3) is 3.63. The molecule has 0 N–H and O–H groups in total. The molecule has 0 atom stereocenters. The lowest BCUT2D eigenvalue weighted by Gasteiger charge is -2.08. The molecule has 104 valence electrons. The van der Waals surface area contributed by atoms with Gasteiger partial charge < -0.3 is 0 Å². The average molecular weight is 310 g/mol. The maximum Gasteiger partial charge on any atom is 0.168 e. The van der Waals surface area contributed by atoms with Gasteiger partial charge in [-0.3, -0.25) is 4.79 Å². The number of carbonyl (C=O) groups excluding carboxylic acids is 1. The number of thiophene rings is 1. The summed E-state index contributed by atoms with van der Waals surface area (Å²) >= 11 is 3.26. The van der Waals surface area contributed by atoms with Crippen LogP contribution in [0.1, 0.15) is 15.9 Å². The first-order valence-electron chi connectivity index (χ1n) is 6.69. The van der Waals surface area contributed by atoms with Crippen molar-refractivity contribution in [1.82, 2.24) is 0 Å². The van der Waals surface area contributed by atoms with Gasteiger partial charge in [-0.2, -0.15) is 11.3 Å². The van der Waals surface area contributed by atoms with E-state index in [0.29, 0.717) is 6.42 Å². The summed E-state index contributed by atoms with van der Waals surface area (Å²) in [5, 5.41) is 3.85. The van der Waals surface area contributed by atoms with E-state index in [1.807, 2.05) is 53.2 Å². The molecule has 0 aliphatic heterocycles. The lowest BCUT2D eigenvalue weighted by atomic mass is 10.1. The molecule has 0 aliphatic rings. The quantitative estimate of drug-likeness (QED) is 0.593. The number of hydrogen-bond donors (Lipinski definition) is 0. The minimum atomic E-state index is 0.178. The Morgan fingerprint density at radius 1 is 0.952 bits per heavy atom. The second-order valence-corrected chi connectivity index (χ2v) is 6.53. The molecule has 3 rings (SSSR count). The highest BCUT2D eigenvalue weighted by Gasteiger charge is 2.11. The smallest absolute Gasteiger partial charge is 0.168 e. The summed E-state index contributed by atoms with van der Waals surface area (Å²) < 4.78 is 0. The Morgan fingerprint density at radius 3 is 2.48 bits per heavy atom. The molecule has 1 heterocycles. The van der Waals surface area contributed by atoms with Crippen LogP contribution in [0, 0.1) is 0 Å². The van der Waals surface area contributed by atoms with Crippen molar-refractivity contribution in [1.29, 1.82) is 0 Å². The highest BCUT2D eigenvalue weighted by atomic mass is 32.2. The third-order valence-corrected chi connectivity index (χ3v) is 4.95. The fourth-order valence-corrected chi connectivity index (χ4v) is 3.69. The van der Waals surface area contributed by atoms with Crippen molar-refractivity contribution >= 4 is 28.9 Å². The zero-order valence-electron chi connectivity index (χ0n) is 11.4. The van der Waals surface area contributed by atoms with Gasteiger partial charge in [-0.1, -0.05) is 48.2 Å². The SMILES string of the molecule is O=C(Cc1ccccc1Sc1ccccc1)c1ccsc1. The van der Waals surface area contributed by atoms with Crippen LogP contribution in [0.3, 0.4) is 0 Å². The van der Waals surface area contributed by atoms with Crippen molar-refractivity contribution in [2.75, 3.05) is 0 Å². The highest BCUT2D eigenvalue weighted by molar-refractivity contribution is 7.99. The zero-order valence-corrected chi connectivity index (χ0v) is 13.0. The molecule has 1 nitrogen and oxygen atoms in total. The van der Waals surface area contributed by atoms with Crippen molar-refractivity contribution in [3.63, 3.8) is 0 Å². The summed E-state index contributed by atoms with van der Waals surface area (Å²) in [4.78, 5) is 14.6. The Bertz CT molecular complexity index is 718. The van der Waals surface area contributed by atoms with Gasteiger partial charge in [-0.15, -0.1) is 0 Å². The fraction of sp³-hybridized carbons (Fsp3) is 0.0556. The monoisotopic (exact) mass is 310 g/mol. The van der Waals surface area contributed by atoms with Crippen molar-refractivity contribution in [2.24, 2.45) is 0 Å². The molecule has 0 fully saturated rings. The van der Waals surface area contributed by atoms with E-state index in [4.69, 9.17) is 0 Å². The van der Waals surface area contributed by atoms with E-state index < -0.39 is 0 Å². The molecule has 0 saturated heterocycles. The Hall–Kier alpha value is -1.84. The average Bonchev–Trinajstić information content (AvgIpc) is 3.05. The first-order valence-corrected chi connectivity index (χ1v) is 8.45. The van der Waals surface area contributed by atoms with Crippen LogP contribution in [-0.4, -0.2) is 5.78 Å². The Balaban J connectivity index is 1.81. The summed E-state index contributed by atoms with van der Waals surface area (Å²) in [6, 6.07) is 20.3. The molecule has 0 aliphatic carbocycles. The largest absolute Gasteiger partial charge is 0.294 e. The minimum absolute atomic E-state index is 0.178.